The molecule has 0 bridgehead atoms. The highest BCUT2D eigenvalue weighted by Gasteiger charge is 2.26. The Morgan fingerprint density at radius 2 is 2.12 bits per heavy atom. The van der Waals surface area contributed by atoms with E-state index in [1.54, 1.807) is 6.08 Å². The van der Waals surface area contributed by atoms with E-state index in [9.17, 15) is 10.1 Å². The number of aryl methyl sites for hydroxylation is 1. The van der Waals surface area contributed by atoms with Crippen molar-refractivity contribution in [3.63, 3.8) is 0 Å². The van der Waals surface area contributed by atoms with Crippen LogP contribution in [0.25, 0.3) is 6.08 Å². The highest BCUT2D eigenvalue weighted by molar-refractivity contribution is 6.02. The Labute approximate surface area is 145 Å². The Hall–Kier alpha value is -2.02. The molecule has 1 atom stereocenters. The van der Waals surface area contributed by atoms with Crippen molar-refractivity contribution in [2.24, 2.45) is 5.92 Å². The molecule has 1 aliphatic heterocycles. The second-order valence-electron chi connectivity index (χ2n) is 7.34. The van der Waals surface area contributed by atoms with E-state index in [1.807, 2.05) is 4.90 Å². The van der Waals surface area contributed by atoms with Crippen LogP contribution in [0.4, 0.5) is 0 Å². The van der Waals surface area contributed by atoms with Crippen LogP contribution < -0.4 is 0 Å². The zero-order valence-corrected chi connectivity index (χ0v) is 15.6. The van der Waals surface area contributed by atoms with Crippen molar-refractivity contribution < 1.29 is 4.79 Å². The van der Waals surface area contributed by atoms with E-state index in [0.29, 0.717) is 5.92 Å². The Kier molecular flexibility index (Phi) is 5.88. The Morgan fingerprint density at radius 3 is 2.71 bits per heavy atom. The molecule has 0 spiro atoms. The van der Waals surface area contributed by atoms with Gasteiger partial charge in [-0.25, -0.2) is 0 Å². The van der Waals surface area contributed by atoms with E-state index in [4.69, 9.17) is 0 Å². The van der Waals surface area contributed by atoms with Crippen molar-refractivity contribution in [3.05, 3.63) is 28.6 Å². The maximum Gasteiger partial charge on any atom is 0.264 e. The first-order valence-electron chi connectivity index (χ1n) is 8.94. The lowest BCUT2D eigenvalue weighted by Gasteiger charge is -2.33. The number of nitriles is 1. The lowest BCUT2D eigenvalue weighted by atomic mass is 10.0. The zero-order chi connectivity index (χ0) is 17.9. The number of amides is 1. The zero-order valence-electron chi connectivity index (χ0n) is 15.6. The first-order chi connectivity index (χ1) is 11.3. The standard InChI is InChI=1S/C20H29N3O/c1-14(2)13-23-16(4)10-18(17(23)5)11-19(12-21)20(24)22-9-7-6-8-15(22)3/h10-11,14-15H,6-9,13H2,1-5H3/b19-11-. The van der Waals surface area contributed by atoms with Gasteiger partial charge in [0.15, 0.2) is 0 Å². The smallest absolute Gasteiger partial charge is 0.264 e. The molecule has 24 heavy (non-hydrogen) atoms. The van der Waals surface area contributed by atoms with Gasteiger partial charge < -0.3 is 9.47 Å². The van der Waals surface area contributed by atoms with E-state index >= 15 is 0 Å². The van der Waals surface area contributed by atoms with Crippen LogP contribution in [0.5, 0.6) is 0 Å². The van der Waals surface area contributed by atoms with Gasteiger partial charge >= 0.3 is 0 Å². The summed E-state index contributed by atoms with van der Waals surface area (Å²) in [5.74, 6) is 0.427. The summed E-state index contributed by atoms with van der Waals surface area (Å²) in [6.07, 6.45) is 4.97. The molecule has 0 saturated carbocycles. The molecule has 1 aliphatic rings. The van der Waals surface area contributed by atoms with Crippen molar-refractivity contribution in [1.29, 1.82) is 5.26 Å². The fraction of sp³-hybridized carbons (Fsp3) is 0.600. The molecule has 1 unspecified atom stereocenters. The molecule has 130 valence electrons. The molecule has 2 heterocycles. The second kappa shape index (κ2) is 7.70. The molecule has 1 fully saturated rings. The van der Waals surface area contributed by atoms with Crippen molar-refractivity contribution in [1.82, 2.24) is 9.47 Å². The second-order valence-corrected chi connectivity index (χ2v) is 7.34. The monoisotopic (exact) mass is 327 g/mol. The quantitative estimate of drug-likeness (QED) is 0.618. The van der Waals surface area contributed by atoms with Gasteiger partial charge in [-0.05, 0) is 63.7 Å². The highest BCUT2D eigenvalue weighted by Crippen LogP contribution is 2.22. The molecule has 0 radical (unpaired) electrons. The topological polar surface area (TPSA) is 49.0 Å². The lowest BCUT2D eigenvalue weighted by molar-refractivity contribution is -0.129. The molecule has 2 rings (SSSR count). The summed E-state index contributed by atoms with van der Waals surface area (Å²) in [5.41, 5.74) is 3.51. The Balaban J connectivity index is 2.31. The van der Waals surface area contributed by atoms with Gasteiger partial charge in [-0.3, -0.25) is 4.79 Å². The number of piperidine rings is 1. The van der Waals surface area contributed by atoms with E-state index in [1.165, 1.54) is 5.69 Å². The first kappa shape index (κ1) is 18.3. The molecule has 4 heteroatoms. The number of nitrogens with zero attached hydrogens (tertiary/aromatic N) is 3. The number of carbonyl (C=O) groups is 1. The SMILES string of the molecule is Cc1cc(/C=C(/C#N)C(=O)N2CCCCC2C)c(C)n1CC(C)C. The predicted molar refractivity (Wildman–Crippen MR) is 97.4 cm³/mol. The largest absolute Gasteiger partial charge is 0.348 e. The van der Waals surface area contributed by atoms with Crippen molar-refractivity contribution in [2.45, 2.75) is 66.5 Å². The van der Waals surface area contributed by atoms with Gasteiger partial charge in [-0.15, -0.1) is 0 Å². The van der Waals surface area contributed by atoms with Gasteiger partial charge in [0.05, 0.1) is 0 Å². The molecular formula is C20H29N3O. The summed E-state index contributed by atoms with van der Waals surface area (Å²) in [7, 11) is 0. The summed E-state index contributed by atoms with van der Waals surface area (Å²) in [6, 6.07) is 4.42. The van der Waals surface area contributed by atoms with Crippen LogP contribution in [0.3, 0.4) is 0 Å². The average Bonchev–Trinajstić information content (AvgIpc) is 2.79. The average molecular weight is 327 g/mol. The first-order valence-corrected chi connectivity index (χ1v) is 8.94. The number of rotatable bonds is 4. The van der Waals surface area contributed by atoms with Crippen LogP contribution in [-0.4, -0.2) is 28.0 Å². The third-order valence-corrected chi connectivity index (χ3v) is 4.88. The van der Waals surface area contributed by atoms with Gasteiger partial charge in [-0.2, -0.15) is 5.26 Å². The fourth-order valence-electron chi connectivity index (χ4n) is 3.47. The minimum absolute atomic E-state index is 0.127. The van der Waals surface area contributed by atoms with Crippen LogP contribution in [0.2, 0.25) is 0 Å². The molecule has 0 N–H and O–H groups in total. The molecule has 1 saturated heterocycles. The number of hydrogen-bond acceptors (Lipinski definition) is 2. The summed E-state index contributed by atoms with van der Waals surface area (Å²) in [5, 5.41) is 9.51. The van der Waals surface area contributed by atoms with Crippen LogP contribution in [0.15, 0.2) is 11.6 Å². The minimum atomic E-state index is -0.127. The number of hydrogen-bond donors (Lipinski definition) is 0. The summed E-state index contributed by atoms with van der Waals surface area (Å²) in [6.45, 7) is 12.3. The van der Waals surface area contributed by atoms with Gasteiger partial charge in [-0.1, -0.05) is 13.8 Å². The third-order valence-electron chi connectivity index (χ3n) is 4.88. The van der Waals surface area contributed by atoms with E-state index in [2.05, 4.69) is 51.3 Å². The van der Waals surface area contributed by atoms with Crippen molar-refractivity contribution >= 4 is 12.0 Å². The molecule has 1 aromatic rings. The summed E-state index contributed by atoms with van der Waals surface area (Å²) < 4.78 is 2.26. The predicted octanol–water partition coefficient (Wildman–Crippen LogP) is 4.07. The van der Waals surface area contributed by atoms with Crippen LogP contribution >= 0.6 is 0 Å². The highest BCUT2D eigenvalue weighted by atomic mass is 16.2. The molecule has 0 aliphatic carbocycles. The normalized spacial score (nSPS) is 18.8. The van der Waals surface area contributed by atoms with E-state index in [0.717, 1.165) is 43.6 Å². The van der Waals surface area contributed by atoms with Crippen LogP contribution in [0, 0.1) is 31.1 Å². The molecule has 4 nitrogen and oxygen atoms in total. The molecular weight excluding hydrogens is 298 g/mol. The summed E-state index contributed by atoms with van der Waals surface area (Å²) >= 11 is 0. The van der Waals surface area contributed by atoms with E-state index in [-0.39, 0.29) is 17.5 Å². The number of likely N-dealkylation sites (tertiary alicyclic amines) is 1. The van der Waals surface area contributed by atoms with Gasteiger partial charge in [0, 0.05) is 30.5 Å². The Bertz CT molecular complexity index is 676. The van der Waals surface area contributed by atoms with Gasteiger partial charge in [0.2, 0.25) is 0 Å². The maximum atomic E-state index is 12.8. The molecule has 0 aromatic carbocycles. The van der Waals surface area contributed by atoms with Crippen molar-refractivity contribution in [2.75, 3.05) is 6.54 Å². The fourth-order valence-corrected chi connectivity index (χ4v) is 3.47. The maximum absolute atomic E-state index is 12.8. The van der Waals surface area contributed by atoms with Crippen LogP contribution in [-0.2, 0) is 11.3 Å². The Morgan fingerprint density at radius 1 is 1.42 bits per heavy atom. The number of carbonyl (C=O) groups excluding carboxylic acids is 1. The minimum Gasteiger partial charge on any atom is -0.348 e. The molecule has 1 aromatic heterocycles. The van der Waals surface area contributed by atoms with Gasteiger partial charge in [0.25, 0.3) is 5.91 Å². The number of aromatic nitrogens is 1. The van der Waals surface area contributed by atoms with Crippen LogP contribution in [0.1, 0.15) is 57.0 Å². The van der Waals surface area contributed by atoms with Crippen molar-refractivity contribution in [3.8, 4) is 6.07 Å². The lowest BCUT2D eigenvalue weighted by Crippen LogP contribution is -2.42. The third kappa shape index (κ3) is 3.90. The molecule has 1 amide bonds. The summed E-state index contributed by atoms with van der Waals surface area (Å²) in [4.78, 5) is 14.6. The van der Waals surface area contributed by atoms with E-state index < -0.39 is 0 Å². The van der Waals surface area contributed by atoms with Gasteiger partial charge in [0.1, 0.15) is 11.6 Å².